The average molecular weight is 374 g/mol. The molecule has 0 fully saturated rings. The number of phenols is 1. The summed E-state index contributed by atoms with van der Waals surface area (Å²) >= 11 is 6.63. The van der Waals surface area contributed by atoms with Crippen molar-refractivity contribution in [2.45, 2.75) is 13.8 Å². The van der Waals surface area contributed by atoms with Gasteiger partial charge in [-0.3, -0.25) is 0 Å². The summed E-state index contributed by atoms with van der Waals surface area (Å²) in [4.78, 5) is 0. The topological polar surface area (TPSA) is 63.3 Å². The minimum Gasteiger partial charge on any atom is -0.506 e. The molecule has 0 atom stereocenters. The number of hydrogen-bond acceptors (Lipinski definition) is 4. The first-order valence-corrected chi connectivity index (χ1v) is 6.68. The minimum atomic E-state index is 0.144. The van der Waals surface area contributed by atoms with Crippen molar-refractivity contribution in [2.24, 2.45) is 5.10 Å². The van der Waals surface area contributed by atoms with Gasteiger partial charge in [0, 0.05) is 10.0 Å². The Morgan fingerprint density at radius 3 is 2.44 bits per heavy atom. The highest BCUT2D eigenvalue weighted by Crippen LogP contribution is 2.30. The molecule has 18 heavy (non-hydrogen) atoms. The molecule has 0 spiro atoms. The Morgan fingerprint density at radius 2 is 1.83 bits per heavy atom. The Kier molecular flexibility index (Phi) is 3.82. The average Bonchev–Trinajstić information content (AvgIpc) is 2.62. The molecule has 0 saturated heterocycles. The quantitative estimate of drug-likeness (QED) is 0.823. The van der Waals surface area contributed by atoms with Gasteiger partial charge in [-0.2, -0.15) is 5.10 Å². The van der Waals surface area contributed by atoms with Crippen molar-refractivity contribution < 1.29 is 5.11 Å². The van der Waals surface area contributed by atoms with Crippen LogP contribution in [0.15, 0.2) is 26.2 Å². The van der Waals surface area contributed by atoms with Crippen LogP contribution in [0.2, 0.25) is 0 Å². The van der Waals surface area contributed by atoms with Crippen LogP contribution in [0, 0.1) is 13.8 Å². The van der Waals surface area contributed by atoms with Gasteiger partial charge in [-0.1, -0.05) is 15.9 Å². The molecule has 94 valence electrons. The zero-order chi connectivity index (χ0) is 13.3. The first-order valence-electron chi connectivity index (χ1n) is 5.10. The zero-order valence-corrected chi connectivity index (χ0v) is 12.9. The number of halogens is 2. The molecule has 0 aliphatic rings. The van der Waals surface area contributed by atoms with Gasteiger partial charge in [0.25, 0.3) is 0 Å². The second kappa shape index (κ2) is 5.19. The molecule has 0 aliphatic carbocycles. The number of nitrogens with zero attached hydrogens (tertiary/aromatic N) is 4. The third-order valence-corrected chi connectivity index (χ3v) is 3.38. The Morgan fingerprint density at radius 1 is 1.22 bits per heavy atom. The summed E-state index contributed by atoms with van der Waals surface area (Å²) in [5.41, 5.74) is 0.601. The molecule has 0 unspecified atom stereocenters. The maximum absolute atomic E-state index is 9.89. The van der Waals surface area contributed by atoms with Crippen molar-refractivity contribution in [1.29, 1.82) is 0 Å². The van der Waals surface area contributed by atoms with Gasteiger partial charge in [-0.25, -0.2) is 4.68 Å². The maximum Gasteiger partial charge on any atom is 0.151 e. The number of aryl methyl sites for hydroxylation is 2. The van der Waals surface area contributed by atoms with E-state index in [1.54, 1.807) is 23.0 Å². The number of benzene rings is 1. The van der Waals surface area contributed by atoms with Crippen molar-refractivity contribution in [3.63, 3.8) is 0 Å². The van der Waals surface area contributed by atoms with Crippen molar-refractivity contribution in [2.75, 3.05) is 0 Å². The Labute approximate surface area is 121 Å². The van der Waals surface area contributed by atoms with Gasteiger partial charge in [0.1, 0.15) is 5.75 Å². The van der Waals surface area contributed by atoms with E-state index in [2.05, 4.69) is 47.2 Å². The van der Waals surface area contributed by atoms with E-state index in [4.69, 9.17) is 0 Å². The van der Waals surface area contributed by atoms with Crippen LogP contribution in [-0.2, 0) is 0 Å². The molecule has 7 heteroatoms. The number of rotatable bonds is 2. The van der Waals surface area contributed by atoms with E-state index in [1.165, 1.54) is 0 Å². The van der Waals surface area contributed by atoms with E-state index in [9.17, 15) is 5.11 Å². The van der Waals surface area contributed by atoms with E-state index < -0.39 is 0 Å². The highest BCUT2D eigenvalue weighted by Gasteiger charge is 2.06. The Balaban J connectivity index is 2.41. The predicted octanol–water partition coefficient (Wildman–Crippen LogP) is 3.01. The standard InChI is InChI=1S/C11H10Br2N4O/c1-6-15-16-7(2)17(6)14-5-8-3-9(12)4-10(13)11(8)18/h3-5,18H,1-2H3/b14-5+. The van der Waals surface area contributed by atoms with Gasteiger partial charge in [0.15, 0.2) is 11.6 Å². The normalized spacial score (nSPS) is 11.3. The molecule has 1 N–H and O–H groups in total. The molecule has 0 aliphatic heterocycles. The van der Waals surface area contributed by atoms with Gasteiger partial charge in [-0.05, 0) is 41.9 Å². The third-order valence-electron chi connectivity index (χ3n) is 2.32. The van der Waals surface area contributed by atoms with Crippen LogP contribution in [0.3, 0.4) is 0 Å². The summed E-state index contributed by atoms with van der Waals surface area (Å²) in [7, 11) is 0. The zero-order valence-electron chi connectivity index (χ0n) is 9.72. The molecule has 1 heterocycles. The highest BCUT2D eigenvalue weighted by atomic mass is 79.9. The van der Waals surface area contributed by atoms with Crippen molar-refractivity contribution in [3.05, 3.63) is 38.3 Å². The van der Waals surface area contributed by atoms with Crippen LogP contribution in [0.1, 0.15) is 17.2 Å². The summed E-state index contributed by atoms with van der Waals surface area (Å²) in [6.07, 6.45) is 1.56. The number of phenolic OH excluding ortho intramolecular Hbond substituents is 1. The summed E-state index contributed by atoms with van der Waals surface area (Å²) in [5, 5.41) is 21.9. The third kappa shape index (κ3) is 2.62. The summed E-state index contributed by atoms with van der Waals surface area (Å²) < 4.78 is 3.06. The van der Waals surface area contributed by atoms with E-state index in [0.29, 0.717) is 21.7 Å². The molecule has 0 saturated carbocycles. The van der Waals surface area contributed by atoms with Crippen LogP contribution in [0.4, 0.5) is 0 Å². The molecule has 2 aromatic rings. The molecule has 0 radical (unpaired) electrons. The smallest absolute Gasteiger partial charge is 0.151 e. The van der Waals surface area contributed by atoms with E-state index in [-0.39, 0.29) is 5.75 Å². The molecule has 0 amide bonds. The van der Waals surface area contributed by atoms with Gasteiger partial charge in [0.2, 0.25) is 0 Å². The fourth-order valence-corrected chi connectivity index (χ4v) is 2.69. The molecule has 1 aromatic carbocycles. The van der Waals surface area contributed by atoms with Crippen LogP contribution in [0.25, 0.3) is 0 Å². The molecular formula is C11H10Br2N4O. The van der Waals surface area contributed by atoms with E-state index >= 15 is 0 Å². The van der Waals surface area contributed by atoms with Gasteiger partial charge >= 0.3 is 0 Å². The second-order valence-electron chi connectivity index (χ2n) is 3.68. The second-order valence-corrected chi connectivity index (χ2v) is 5.45. The van der Waals surface area contributed by atoms with Crippen LogP contribution >= 0.6 is 31.9 Å². The molecular weight excluding hydrogens is 364 g/mol. The number of aromatic nitrogens is 3. The highest BCUT2D eigenvalue weighted by molar-refractivity contribution is 9.11. The molecule has 5 nitrogen and oxygen atoms in total. The van der Waals surface area contributed by atoms with Gasteiger partial charge < -0.3 is 5.11 Å². The lowest BCUT2D eigenvalue weighted by Crippen LogP contribution is -1.96. The fourth-order valence-electron chi connectivity index (χ4n) is 1.43. The molecule has 2 rings (SSSR count). The van der Waals surface area contributed by atoms with E-state index in [0.717, 1.165) is 4.47 Å². The monoisotopic (exact) mass is 372 g/mol. The SMILES string of the molecule is Cc1nnc(C)n1/N=C/c1cc(Br)cc(Br)c1O. The first kappa shape index (κ1) is 13.2. The summed E-state index contributed by atoms with van der Waals surface area (Å²) in [6, 6.07) is 3.54. The van der Waals surface area contributed by atoms with Crippen LogP contribution in [-0.4, -0.2) is 26.2 Å². The number of aromatic hydroxyl groups is 1. The lowest BCUT2D eigenvalue weighted by atomic mass is 10.2. The van der Waals surface area contributed by atoms with Gasteiger partial charge in [-0.15, -0.1) is 10.2 Å². The first-order chi connectivity index (χ1) is 8.49. The fraction of sp³-hybridized carbons (Fsp3) is 0.182. The molecule has 1 aromatic heterocycles. The lowest BCUT2D eigenvalue weighted by Gasteiger charge is -2.03. The predicted molar refractivity (Wildman–Crippen MR) is 76.0 cm³/mol. The summed E-state index contributed by atoms with van der Waals surface area (Å²) in [6.45, 7) is 3.63. The lowest BCUT2D eigenvalue weighted by molar-refractivity contribution is 0.471. The van der Waals surface area contributed by atoms with Crippen molar-refractivity contribution >= 4 is 38.1 Å². The summed E-state index contributed by atoms with van der Waals surface area (Å²) in [5.74, 6) is 1.53. The van der Waals surface area contributed by atoms with Crippen LogP contribution in [0.5, 0.6) is 5.75 Å². The van der Waals surface area contributed by atoms with Crippen molar-refractivity contribution in [3.8, 4) is 5.75 Å². The van der Waals surface area contributed by atoms with E-state index in [1.807, 2.05) is 13.8 Å². The largest absolute Gasteiger partial charge is 0.506 e. The molecule has 0 bridgehead atoms. The number of hydrogen-bond donors (Lipinski definition) is 1. The minimum absolute atomic E-state index is 0.144. The Bertz CT molecular complexity index is 602. The Hall–Kier alpha value is -1.21. The van der Waals surface area contributed by atoms with Crippen molar-refractivity contribution in [1.82, 2.24) is 14.9 Å². The maximum atomic E-state index is 9.89. The van der Waals surface area contributed by atoms with Crippen LogP contribution < -0.4 is 0 Å². The van der Waals surface area contributed by atoms with Gasteiger partial charge in [0.05, 0.1) is 10.7 Å².